The number of hydrogen-bond donors (Lipinski definition) is 0. The maximum atomic E-state index is 2.41. The first kappa shape index (κ1) is 13.1. The summed E-state index contributed by atoms with van der Waals surface area (Å²) in [6.45, 7) is 7.19. The van der Waals surface area contributed by atoms with Crippen LogP contribution in [0, 0.1) is 17.8 Å². The highest BCUT2D eigenvalue weighted by Crippen LogP contribution is 2.29. The highest BCUT2D eigenvalue weighted by molar-refractivity contribution is 4.68. The van der Waals surface area contributed by atoms with Crippen molar-refractivity contribution in [2.75, 3.05) is 0 Å². The van der Waals surface area contributed by atoms with E-state index >= 15 is 0 Å². The van der Waals surface area contributed by atoms with Gasteiger partial charge in [0.15, 0.2) is 0 Å². The van der Waals surface area contributed by atoms with E-state index in [0.717, 1.165) is 17.8 Å². The van der Waals surface area contributed by atoms with Crippen LogP contribution >= 0.6 is 0 Å². The van der Waals surface area contributed by atoms with Crippen molar-refractivity contribution in [3.8, 4) is 0 Å². The van der Waals surface area contributed by atoms with Gasteiger partial charge in [0.05, 0.1) is 0 Å². The molecule has 0 heterocycles. The molecule has 0 aliphatic heterocycles. The molecule has 90 valence electrons. The Bertz CT molecular complexity index is 148. The van der Waals surface area contributed by atoms with Gasteiger partial charge >= 0.3 is 0 Å². The summed E-state index contributed by atoms with van der Waals surface area (Å²) in [5.74, 6) is 2.96. The van der Waals surface area contributed by atoms with E-state index in [0.29, 0.717) is 0 Å². The van der Waals surface area contributed by atoms with E-state index in [1.165, 1.54) is 57.8 Å². The molecule has 0 bridgehead atoms. The molecule has 2 unspecified atom stereocenters. The minimum atomic E-state index is 0.907. The van der Waals surface area contributed by atoms with Crippen LogP contribution in [0.3, 0.4) is 0 Å². The average molecular weight is 210 g/mol. The van der Waals surface area contributed by atoms with Gasteiger partial charge in [-0.15, -0.1) is 0 Å². The van der Waals surface area contributed by atoms with Crippen LogP contribution in [-0.2, 0) is 0 Å². The zero-order valence-corrected chi connectivity index (χ0v) is 11.1. The number of rotatable bonds is 2. The first-order valence-electron chi connectivity index (χ1n) is 7.24. The quantitative estimate of drug-likeness (QED) is 0.571. The van der Waals surface area contributed by atoms with Crippen LogP contribution in [0.1, 0.15) is 78.6 Å². The van der Waals surface area contributed by atoms with E-state index in [9.17, 15) is 0 Å². The van der Waals surface area contributed by atoms with Crippen molar-refractivity contribution in [3.63, 3.8) is 0 Å². The van der Waals surface area contributed by atoms with Gasteiger partial charge in [-0.2, -0.15) is 0 Å². The predicted molar refractivity (Wildman–Crippen MR) is 69.0 cm³/mol. The maximum absolute atomic E-state index is 2.41. The molecule has 0 N–H and O–H groups in total. The molecule has 0 spiro atoms. The lowest BCUT2D eigenvalue weighted by molar-refractivity contribution is 0.283. The fourth-order valence-corrected chi connectivity index (χ4v) is 3.05. The van der Waals surface area contributed by atoms with Crippen LogP contribution in [0.4, 0.5) is 0 Å². The Morgan fingerprint density at radius 1 is 0.867 bits per heavy atom. The molecule has 1 rings (SSSR count). The maximum Gasteiger partial charge on any atom is -0.0391 e. The molecule has 0 saturated heterocycles. The summed E-state index contributed by atoms with van der Waals surface area (Å²) in [4.78, 5) is 0. The molecule has 0 aromatic rings. The smallest absolute Gasteiger partial charge is 0.0391 e. The summed E-state index contributed by atoms with van der Waals surface area (Å²) in [7, 11) is 0. The van der Waals surface area contributed by atoms with E-state index in [4.69, 9.17) is 0 Å². The fourth-order valence-electron chi connectivity index (χ4n) is 3.05. The molecule has 15 heavy (non-hydrogen) atoms. The molecule has 1 aliphatic rings. The van der Waals surface area contributed by atoms with Gasteiger partial charge in [-0.25, -0.2) is 0 Å². The molecule has 1 fully saturated rings. The average Bonchev–Trinajstić information content (AvgIpc) is 2.24. The van der Waals surface area contributed by atoms with Crippen molar-refractivity contribution in [3.05, 3.63) is 0 Å². The van der Waals surface area contributed by atoms with E-state index in [-0.39, 0.29) is 0 Å². The van der Waals surface area contributed by atoms with Crippen molar-refractivity contribution in [2.24, 2.45) is 17.8 Å². The summed E-state index contributed by atoms with van der Waals surface area (Å²) in [6, 6.07) is 0. The molecule has 2 atom stereocenters. The first-order chi connectivity index (χ1) is 7.24. The van der Waals surface area contributed by atoms with Crippen LogP contribution in [0.25, 0.3) is 0 Å². The molecule has 0 aromatic carbocycles. The predicted octanol–water partition coefficient (Wildman–Crippen LogP) is 5.42. The highest BCUT2D eigenvalue weighted by atomic mass is 14.2. The van der Waals surface area contributed by atoms with Crippen molar-refractivity contribution in [1.82, 2.24) is 0 Å². The van der Waals surface area contributed by atoms with E-state index in [1.54, 1.807) is 0 Å². The molecular formula is C15H30. The summed E-state index contributed by atoms with van der Waals surface area (Å²) in [5, 5.41) is 0. The second kappa shape index (κ2) is 7.30. The topological polar surface area (TPSA) is 0 Å². The third-order valence-electron chi connectivity index (χ3n) is 4.39. The van der Waals surface area contributed by atoms with Crippen LogP contribution in [0.2, 0.25) is 0 Å². The summed E-state index contributed by atoms with van der Waals surface area (Å²) in [5.41, 5.74) is 0. The highest BCUT2D eigenvalue weighted by Gasteiger charge is 2.15. The molecule has 1 saturated carbocycles. The van der Waals surface area contributed by atoms with Crippen molar-refractivity contribution in [2.45, 2.75) is 78.6 Å². The molecule has 0 amide bonds. The van der Waals surface area contributed by atoms with Gasteiger partial charge in [-0.3, -0.25) is 0 Å². The second-order valence-corrected chi connectivity index (χ2v) is 5.85. The third-order valence-corrected chi connectivity index (χ3v) is 4.39. The van der Waals surface area contributed by atoms with Crippen LogP contribution < -0.4 is 0 Å². The van der Waals surface area contributed by atoms with Crippen LogP contribution in [0.15, 0.2) is 0 Å². The lowest BCUT2D eigenvalue weighted by Gasteiger charge is -2.24. The SMILES string of the molecule is CCC1CCCCCC(C(C)C)CCC1. The molecule has 0 nitrogen and oxygen atoms in total. The Morgan fingerprint density at radius 3 is 2.13 bits per heavy atom. The zero-order valence-electron chi connectivity index (χ0n) is 11.1. The Morgan fingerprint density at radius 2 is 1.47 bits per heavy atom. The normalized spacial score (nSPS) is 30.4. The summed E-state index contributed by atoms with van der Waals surface area (Å²) < 4.78 is 0. The molecule has 0 radical (unpaired) electrons. The second-order valence-electron chi connectivity index (χ2n) is 5.85. The largest absolute Gasteiger partial charge is 0.0651 e. The minimum Gasteiger partial charge on any atom is -0.0651 e. The molecule has 0 heteroatoms. The fraction of sp³-hybridized carbons (Fsp3) is 1.00. The molecule has 1 aliphatic carbocycles. The zero-order chi connectivity index (χ0) is 11.1. The Labute approximate surface area is 96.8 Å². The van der Waals surface area contributed by atoms with Gasteiger partial charge in [0, 0.05) is 0 Å². The van der Waals surface area contributed by atoms with Crippen molar-refractivity contribution >= 4 is 0 Å². The Balaban J connectivity index is 2.36. The third kappa shape index (κ3) is 5.04. The van der Waals surface area contributed by atoms with E-state index in [1.807, 2.05) is 0 Å². The lowest BCUT2D eigenvalue weighted by Crippen LogP contribution is -2.11. The van der Waals surface area contributed by atoms with Crippen LogP contribution in [-0.4, -0.2) is 0 Å². The van der Waals surface area contributed by atoms with Crippen molar-refractivity contribution < 1.29 is 0 Å². The van der Waals surface area contributed by atoms with Gasteiger partial charge in [-0.05, 0) is 17.8 Å². The van der Waals surface area contributed by atoms with E-state index < -0.39 is 0 Å². The van der Waals surface area contributed by atoms with Crippen LogP contribution in [0.5, 0.6) is 0 Å². The monoisotopic (exact) mass is 210 g/mol. The van der Waals surface area contributed by atoms with Gasteiger partial charge in [-0.1, -0.05) is 78.6 Å². The Kier molecular flexibility index (Phi) is 6.36. The summed E-state index contributed by atoms with van der Waals surface area (Å²) in [6.07, 6.45) is 13.3. The van der Waals surface area contributed by atoms with Gasteiger partial charge < -0.3 is 0 Å². The first-order valence-corrected chi connectivity index (χ1v) is 7.24. The Hall–Kier alpha value is 0. The minimum absolute atomic E-state index is 0.907. The lowest BCUT2D eigenvalue weighted by atomic mass is 9.82. The molecular weight excluding hydrogens is 180 g/mol. The van der Waals surface area contributed by atoms with E-state index in [2.05, 4.69) is 20.8 Å². The standard InChI is InChI=1S/C15H30/c1-4-14-9-6-5-7-11-15(13(2)3)12-8-10-14/h13-15H,4-12H2,1-3H3. The molecule has 0 aromatic heterocycles. The van der Waals surface area contributed by atoms with Gasteiger partial charge in [0.25, 0.3) is 0 Å². The van der Waals surface area contributed by atoms with Gasteiger partial charge in [0.2, 0.25) is 0 Å². The van der Waals surface area contributed by atoms with Gasteiger partial charge in [0.1, 0.15) is 0 Å². The number of hydrogen-bond acceptors (Lipinski definition) is 0. The van der Waals surface area contributed by atoms with Crippen molar-refractivity contribution in [1.29, 1.82) is 0 Å². The summed E-state index contributed by atoms with van der Waals surface area (Å²) >= 11 is 0.